The molecule has 0 aromatic heterocycles. The van der Waals surface area contributed by atoms with Gasteiger partial charge in [0.1, 0.15) is 18.9 Å². The highest BCUT2D eigenvalue weighted by molar-refractivity contribution is 5.98. The van der Waals surface area contributed by atoms with Gasteiger partial charge in [0.2, 0.25) is 5.91 Å². The lowest BCUT2D eigenvalue weighted by molar-refractivity contribution is -0.385. The van der Waals surface area contributed by atoms with Crippen molar-refractivity contribution in [1.82, 2.24) is 4.90 Å². The van der Waals surface area contributed by atoms with Gasteiger partial charge in [-0.15, -0.1) is 0 Å². The number of carbonyl (C=O) groups is 3. The van der Waals surface area contributed by atoms with Crippen LogP contribution in [-0.2, 0) is 9.59 Å². The second-order valence-corrected chi connectivity index (χ2v) is 3.94. The molecule has 10 heteroatoms. The number of nitro benzene ring substituents is 1. The number of aliphatic carboxylic acids is 1. The van der Waals surface area contributed by atoms with Gasteiger partial charge in [0, 0.05) is 6.07 Å². The number of hydrogen-bond acceptors (Lipinski definition) is 5. The van der Waals surface area contributed by atoms with Crippen LogP contribution in [0.2, 0.25) is 0 Å². The SMILES string of the molecule is NC(=O)CN(CC(=O)O)C(=O)c1ccc([N+](=O)[O-])cc1F. The third-order valence-electron chi connectivity index (χ3n) is 2.35. The Morgan fingerprint density at radius 1 is 1.33 bits per heavy atom. The molecule has 0 saturated heterocycles. The number of primary amides is 1. The number of halogens is 1. The van der Waals surface area contributed by atoms with Crippen molar-refractivity contribution in [3.05, 3.63) is 39.7 Å². The van der Waals surface area contributed by atoms with Gasteiger partial charge >= 0.3 is 5.97 Å². The highest BCUT2D eigenvalue weighted by atomic mass is 19.1. The van der Waals surface area contributed by atoms with Crippen LogP contribution in [0.4, 0.5) is 10.1 Å². The summed E-state index contributed by atoms with van der Waals surface area (Å²) in [7, 11) is 0. The van der Waals surface area contributed by atoms with E-state index in [1.54, 1.807) is 0 Å². The van der Waals surface area contributed by atoms with Crippen molar-refractivity contribution in [2.75, 3.05) is 13.1 Å². The van der Waals surface area contributed by atoms with E-state index in [9.17, 15) is 28.9 Å². The molecule has 0 aliphatic carbocycles. The average molecular weight is 299 g/mol. The number of carboxylic acid groups (broad SMARTS) is 1. The summed E-state index contributed by atoms with van der Waals surface area (Å²) < 4.78 is 13.7. The van der Waals surface area contributed by atoms with Crippen molar-refractivity contribution in [2.24, 2.45) is 5.73 Å². The standard InChI is InChI=1S/C11H10FN3O6/c12-8-3-6(15(20)21)1-2-7(8)11(19)14(4-9(13)16)5-10(17)18/h1-3H,4-5H2,(H2,13,16)(H,17,18). The summed E-state index contributed by atoms with van der Waals surface area (Å²) in [5, 5.41) is 19.1. The van der Waals surface area contributed by atoms with Crippen LogP contribution in [-0.4, -0.2) is 45.8 Å². The van der Waals surface area contributed by atoms with Gasteiger partial charge in [0.15, 0.2) is 0 Å². The van der Waals surface area contributed by atoms with Crippen LogP contribution >= 0.6 is 0 Å². The van der Waals surface area contributed by atoms with Crippen LogP contribution in [0.5, 0.6) is 0 Å². The summed E-state index contributed by atoms with van der Waals surface area (Å²) in [5.41, 5.74) is 3.72. The number of carbonyl (C=O) groups excluding carboxylic acids is 2. The molecule has 0 radical (unpaired) electrons. The number of amides is 2. The van der Waals surface area contributed by atoms with Gasteiger partial charge in [-0.2, -0.15) is 0 Å². The van der Waals surface area contributed by atoms with E-state index in [1.807, 2.05) is 0 Å². The van der Waals surface area contributed by atoms with Crippen LogP contribution in [0, 0.1) is 15.9 Å². The first kappa shape index (κ1) is 16.0. The number of non-ortho nitro benzene ring substituents is 1. The molecule has 21 heavy (non-hydrogen) atoms. The first-order chi connectivity index (χ1) is 9.72. The summed E-state index contributed by atoms with van der Waals surface area (Å²) >= 11 is 0. The second-order valence-electron chi connectivity index (χ2n) is 3.94. The lowest BCUT2D eigenvalue weighted by Gasteiger charge is -2.19. The van der Waals surface area contributed by atoms with Crippen molar-refractivity contribution < 1.29 is 28.8 Å². The predicted octanol–water partition coefficient (Wildman–Crippen LogP) is -0.254. The van der Waals surface area contributed by atoms with E-state index >= 15 is 0 Å². The van der Waals surface area contributed by atoms with Crippen molar-refractivity contribution >= 4 is 23.5 Å². The first-order valence-corrected chi connectivity index (χ1v) is 5.45. The molecule has 0 unspecified atom stereocenters. The average Bonchev–Trinajstić information content (AvgIpc) is 2.35. The van der Waals surface area contributed by atoms with Gasteiger partial charge in [-0.25, -0.2) is 4.39 Å². The maximum atomic E-state index is 13.7. The molecule has 1 rings (SSSR count). The van der Waals surface area contributed by atoms with Crippen molar-refractivity contribution in [2.45, 2.75) is 0 Å². The smallest absolute Gasteiger partial charge is 0.323 e. The first-order valence-electron chi connectivity index (χ1n) is 5.45. The number of benzene rings is 1. The molecule has 0 atom stereocenters. The van der Waals surface area contributed by atoms with E-state index in [0.29, 0.717) is 11.0 Å². The molecular weight excluding hydrogens is 289 g/mol. The zero-order valence-corrected chi connectivity index (χ0v) is 10.5. The van der Waals surface area contributed by atoms with E-state index in [2.05, 4.69) is 0 Å². The van der Waals surface area contributed by atoms with E-state index in [4.69, 9.17) is 10.8 Å². The molecule has 112 valence electrons. The molecule has 3 N–H and O–H groups in total. The number of rotatable bonds is 6. The summed E-state index contributed by atoms with van der Waals surface area (Å²) in [6.07, 6.45) is 0. The maximum Gasteiger partial charge on any atom is 0.323 e. The zero-order valence-electron chi connectivity index (χ0n) is 10.5. The minimum absolute atomic E-state index is 0.523. The Bertz CT molecular complexity index is 602. The van der Waals surface area contributed by atoms with E-state index < -0.39 is 52.9 Å². The van der Waals surface area contributed by atoms with Crippen LogP contribution in [0.1, 0.15) is 10.4 Å². The molecule has 0 aliphatic rings. The molecule has 0 saturated carbocycles. The summed E-state index contributed by atoms with van der Waals surface area (Å²) in [4.78, 5) is 43.5. The number of hydrogen-bond donors (Lipinski definition) is 2. The Morgan fingerprint density at radius 3 is 2.38 bits per heavy atom. The van der Waals surface area contributed by atoms with E-state index in [1.165, 1.54) is 0 Å². The summed E-state index contributed by atoms with van der Waals surface area (Å²) in [6, 6.07) is 2.25. The largest absolute Gasteiger partial charge is 0.480 e. The molecular formula is C11H10FN3O6. The molecule has 2 amide bonds. The highest BCUT2D eigenvalue weighted by Crippen LogP contribution is 2.18. The summed E-state index contributed by atoms with van der Waals surface area (Å²) in [5.74, 6) is -4.71. The Morgan fingerprint density at radius 2 is 1.95 bits per heavy atom. The lowest BCUT2D eigenvalue weighted by Crippen LogP contribution is -2.41. The molecule has 0 aliphatic heterocycles. The zero-order chi connectivity index (χ0) is 16.2. The van der Waals surface area contributed by atoms with Gasteiger partial charge in [-0.1, -0.05) is 0 Å². The summed E-state index contributed by atoms with van der Waals surface area (Å²) in [6.45, 7) is -1.58. The van der Waals surface area contributed by atoms with Crippen LogP contribution in [0.25, 0.3) is 0 Å². The number of nitrogens with zero attached hydrogens (tertiary/aromatic N) is 2. The number of nitrogens with two attached hydrogens (primary N) is 1. The fourth-order valence-electron chi connectivity index (χ4n) is 1.51. The molecule has 1 aromatic rings. The fraction of sp³-hybridized carbons (Fsp3) is 0.182. The minimum atomic E-state index is -1.42. The van der Waals surface area contributed by atoms with Crippen LogP contribution < -0.4 is 5.73 Å². The fourth-order valence-corrected chi connectivity index (χ4v) is 1.51. The molecule has 0 spiro atoms. The predicted molar refractivity (Wildman–Crippen MR) is 65.8 cm³/mol. The Kier molecular flexibility index (Phi) is 4.89. The lowest BCUT2D eigenvalue weighted by atomic mass is 10.1. The number of nitro groups is 1. The molecule has 0 fully saturated rings. The Labute approximate surface area is 116 Å². The highest BCUT2D eigenvalue weighted by Gasteiger charge is 2.24. The molecule has 9 nitrogen and oxygen atoms in total. The van der Waals surface area contributed by atoms with Crippen molar-refractivity contribution in [3.63, 3.8) is 0 Å². The second kappa shape index (κ2) is 6.41. The Balaban J connectivity index is 3.11. The van der Waals surface area contributed by atoms with Crippen molar-refractivity contribution in [1.29, 1.82) is 0 Å². The van der Waals surface area contributed by atoms with Gasteiger partial charge in [-0.3, -0.25) is 24.5 Å². The van der Waals surface area contributed by atoms with Gasteiger partial charge in [0.05, 0.1) is 16.6 Å². The molecule has 0 heterocycles. The minimum Gasteiger partial charge on any atom is -0.480 e. The molecule has 0 bridgehead atoms. The Hall–Kier alpha value is -3.04. The van der Waals surface area contributed by atoms with Gasteiger partial charge in [-0.05, 0) is 6.07 Å². The van der Waals surface area contributed by atoms with Gasteiger partial charge in [0.25, 0.3) is 11.6 Å². The molecule has 1 aromatic carbocycles. The van der Waals surface area contributed by atoms with Crippen molar-refractivity contribution in [3.8, 4) is 0 Å². The maximum absolute atomic E-state index is 13.7. The van der Waals surface area contributed by atoms with Crippen LogP contribution in [0.15, 0.2) is 18.2 Å². The van der Waals surface area contributed by atoms with E-state index in [0.717, 1.165) is 12.1 Å². The third kappa shape index (κ3) is 4.23. The normalized spacial score (nSPS) is 9.95. The third-order valence-corrected chi connectivity index (χ3v) is 2.35. The quantitative estimate of drug-likeness (QED) is 0.547. The van der Waals surface area contributed by atoms with Crippen LogP contribution in [0.3, 0.4) is 0 Å². The van der Waals surface area contributed by atoms with E-state index in [-0.39, 0.29) is 0 Å². The van der Waals surface area contributed by atoms with Gasteiger partial charge < -0.3 is 15.7 Å². The topological polar surface area (TPSA) is 144 Å². The number of carboxylic acids is 1. The monoisotopic (exact) mass is 299 g/mol.